The minimum atomic E-state index is -0.629. The molecule has 2 saturated heterocycles. The number of ether oxygens (including phenoxy) is 1. The molecule has 2 aromatic heterocycles. The van der Waals surface area contributed by atoms with Crippen molar-refractivity contribution in [1.82, 2.24) is 20.2 Å². The number of aromatic amines is 1. The molecular formula is C18H22N4O3S. The first-order valence-corrected chi connectivity index (χ1v) is 9.59. The number of nitrogens with one attached hydrogen (secondary N) is 2. The number of imidazole rings is 1. The third-order valence-electron chi connectivity index (χ3n) is 5.30. The summed E-state index contributed by atoms with van der Waals surface area (Å²) in [6, 6.07) is 3.82. The lowest BCUT2D eigenvalue weighted by Gasteiger charge is -2.25. The number of thiophene rings is 1. The number of nitrogens with zero attached hydrogens (tertiary/aromatic N) is 2. The molecule has 0 bridgehead atoms. The van der Waals surface area contributed by atoms with E-state index >= 15 is 0 Å². The number of H-pyrrole nitrogens is 1. The number of hydrogen-bond acceptors (Lipinski definition) is 5. The fourth-order valence-electron chi connectivity index (χ4n) is 3.82. The zero-order valence-corrected chi connectivity index (χ0v) is 15.5. The predicted molar refractivity (Wildman–Crippen MR) is 97.0 cm³/mol. The highest BCUT2D eigenvalue weighted by Crippen LogP contribution is 2.42. The van der Waals surface area contributed by atoms with Crippen LogP contribution in [0.3, 0.4) is 0 Å². The van der Waals surface area contributed by atoms with E-state index in [9.17, 15) is 9.59 Å². The Morgan fingerprint density at radius 1 is 1.50 bits per heavy atom. The molecular weight excluding hydrogens is 352 g/mol. The second-order valence-corrected chi connectivity index (χ2v) is 8.33. The van der Waals surface area contributed by atoms with Crippen LogP contribution in [-0.4, -0.2) is 59.5 Å². The van der Waals surface area contributed by atoms with Crippen LogP contribution in [0.4, 0.5) is 0 Å². The van der Waals surface area contributed by atoms with Crippen molar-refractivity contribution < 1.29 is 14.3 Å². The van der Waals surface area contributed by atoms with E-state index in [0.717, 1.165) is 15.4 Å². The van der Waals surface area contributed by atoms with Gasteiger partial charge in [-0.15, -0.1) is 11.3 Å². The van der Waals surface area contributed by atoms with E-state index < -0.39 is 5.41 Å². The summed E-state index contributed by atoms with van der Waals surface area (Å²) in [4.78, 5) is 36.4. The van der Waals surface area contributed by atoms with Gasteiger partial charge >= 0.3 is 0 Å². The van der Waals surface area contributed by atoms with Crippen molar-refractivity contribution in [2.75, 3.05) is 32.8 Å². The normalized spacial score (nSPS) is 24.7. The number of hydrogen-bond donors (Lipinski definition) is 2. The molecule has 2 fully saturated rings. The van der Waals surface area contributed by atoms with Crippen LogP contribution in [0.5, 0.6) is 0 Å². The van der Waals surface area contributed by atoms with Crippen molar-refractivity contribution in [3.8, 4) is 0 Å². The zero-order chi connectivity index (χ0) is 18.1. The summed E-state index contributed by atoms with van der Waals surface area (Å²) in [5.41, 5.74) is 0.356. The molecule has 2 aliphatic heterocycles. The molecule has 0 spiro atoms. The van der Waals surface area contributed by atoms with E-state index in [4.69, 9.17) is 4.74 Å². The Labute approximate surface area is 155 Å². The van der Waals surface area contributed by atoms with E-state index in [0.29, 0.717) is 39.3 Å². The molecule has 0 saturated carbocycles. The number of fused-ring (bicyclic) bond motifs is 1. The van der Waals surface area contributed by atoms with Crippen molar-refractivity contribution in [2.24, 2.45) is 11.3 Å². The van der Waals surface area contributed by atoms with Crippen LogP contribution in [0.15, 0.2) is 24.7 Å². The van der Waals surface area contributed by atoms with Crippen LogP contribution >= 0.6 is 11.3 Å². The average molecular weight is 374 g/mol. The molecule has 0 radical (unpaired) electrons. The fraction of sp³-hybridized carbons (Fsp3) is 0.500. The van der Waals surface area contributed by atoms with Crippen LogP contribution in [-0.2, 0) is 16.0 Å². The smallest absolute Gasteiger partial charge is 0.263 e. The maximum absolute atomic E-state index is 12.9. The van der Waals surface area contributed by atoms with Crippen LogP contribution in [0.1, 0.15) is 20.2 Å². The van der Waals surface area contributed by atoms with Gasteiger partial charge in [-0.25, -0.2) is 4.98 Å². The highest BCUT2D eigenvalue weighted by molar-refractivity contribution is 7.13. The van der Waals surface area contributed by atoms with E-state index in [1.54, 1.807) is 12.5 Å². The van der Waals surface area contributed by atoms with Gasteiger partial charge in [0.2, 0.25) is 5.91 Å². The van der Waals surface area contributed by atoms with Crippen LogP contribution in [0, 0.1) is 18.3 Å². The lowest BCUT2D eigenvalue weighted by Crippen LogP contribution is -2.47. The van der Waals surface area contributed by atoms with Crippen molar-refractivity contribution in [3.05, 3.63) is 40.1 Å². The fourth-order valence-corrected chi connectivity index (χ4v) is 4.66. The summed E-state index contributed by atoms with van der Waals surface area (Å²) >= 11 is 1.50. The lowest BCUT2D eigenvalue weighted by molar-refractivity contribution is -0.131. The first-order valence-electron chi connectivity index (χ1n) is 8.77. The largest absolute Gasteiger partial charge is 0.380 e. The Morgan fingerprint density at radius 3 is 3.12 bits per heavy atom. The number of carbonyl (C=O) groups is 2. The van der Waals surface area contributed by atoms with Crippen molar-refractivity contribution in [1.29, 1.82) is 0 Å². The van der Waals surface area contributed by atoms with Gasteiger partial charge in [-0.05, 0) is 19.1 Å². The van der Waals surface area contributed by atoms with Crippen molar-refractivity contribution in [3.63, 3.8) is 0 Å². The molecule has 0 aromatic carbocycles. The molecule has 2 aliphatic rings. The molecule has 4 heterocycles. The predicted octanol–water partition coefficient (Wildman–Crippen LogP) is 1.23. The first kappa shape index (κ1) is 17.2. The molecule has 2 aromatic rings. The van der Waals surface area contributed by atoms with Gasteiger partial charge in [0.1, 0.15) is 0 Å². The zero-order valence-electron chi connectivity index (χ0n) is 14.7. The Kier molecular flexibility index (Phi) is 4.54. The molecule has 0 aliphatic carbocycles. The van der Waals surface area contributed by atoms with Gasteiger partial charge in [-0.2, -0.15) is 0 Å². The maximum atomic E-state index is 12.9. The third-order valence-corrected chi connectivity index (χ3v) is 6.29. The number of likely N-dealkylation sites (tertiary alicyclic amines) is 1. The molecule has 0 unspecified atom stereocenters. The summed E-state index contributed by atoms with van der Waals surface area (Å²) in [6.07, 6.45) is 4.08. The summed E-state index contributed by atoms with van der Waals surface area (Å²) in [6.45, 7) is 4.42. The van der Waals surface area contributed by atoms with Gasteiger partial charge in [0, 0.05) is 48.7 Å². The maximum Gasteiger partial charge on any atom is 0.263 e. The SMILES string of the molecule is Cc1ccc(C(=O)N2C[C@H]3COC[C@@]3(C(=O)NCCc3cnc[nH]3)C2)s1. The second-order valence-electron chi connectivity index (χ2n) is 7.05. The van der Waals surface area contributed by atoms with Crippen LogP contribution in [0.25, 0.3) is 0 Å². The Morgan fingerprint density at radius 2 is 2.38 bits per heavy atom. The second kappa shape index (κ2) is 6.85. The van der Waals surface area contributed by atoms with Gasteiger partial charge in [-0.3, -0.25) is 9.59 Å². The van der Waals surface area contributed by atoms with Gasteiger partial charge in [0.25, 0.3) is 5.91 Å². The lowest BCUT2D eigenvalue weighted by atomic mass is 9.80. The molecule has 2 N–H and O–H groups in total. The average Bonchev–Trinajstić information content (AvgIpc) is 3.37. The van der Waals surface area contributed by atoms with E-state index in [1.807, 2.05) is 24.0 Å². The topological polar surface area (TPSA) is 87.3 Å². The van der Waals surface area contributed by atoms with Gasteiger partial charge in [0.05, 0.1) is 29.8 Å². The number of aryl methyl sites for hydroxylation is 1. The summed E-state index contributed by atoms with van der Waals surface area (Å²) in [5, 5.41) is 3.03. The van der Waals surface area contributed by atoms with Gasteiger partial charge < -0.3 is 19.9 Å². The summed E-state index contributed by atoms with van der Waals surface area (Å²) in [5.74, 6) is 0.0546. The first-order chi connectivity index (χ1) is 12.6. The minimum absolute atomic E-state index is 0.0159. The highest BCUT2D eigenvalue weighted by atomic mass is 32.1. The third kappa shape index (κ3) is 3.03. The van der Waals surface area contributed by atoms with E-state index in [-0.39, 0.29) is 17.7 Å². The Balaban J connectivity index is 1.42. The molecule has 138 valence electrons. The number of amides is 2. The Bertz CT molecular complexity index is 803. The summed E-state index contributed by atoms with van der Waals surface area (Å²) in [7, 11) is 0. The quantitative estimate of drug-likeness (QED) is 0.824. The molecule has 4 rings (SSSR count). The van der Waals surface area contributed by atoms with Crippen LogP contribution in [0.2, 0.25) is 0 Å². The number of aromatic nitrogens is 2. The highest BCUT2D eigenvalue weighted by Gasteiger charge is 2.56. The molecule has 8 heteroatoms. The monoisotopic (exact) mass is 374 g/mol. The van der Waals surface area contributed by atoms with Crippen LogP contribution < -0.4 is 5.32 Å². The Hall–Kier alpha value is -2.19. The minimum Gasteiger partial charge on any atom is -0.380 e. The molecule has 7 nitrogen and oxygen atoms in total. The summed E-state index contributed by atoms with van der Waals surface area (Å²) < 4.78 is 5.61. The number of carbonyl (C=O) groups excluding carboxylic acids is 2. The van der Waals surface area contributed by atoms with Gasteiger partial charge in [-0.1, -0.05) is 0 Å². The van der Waals surface area contributed by atoms with Crippen molar-refractivity contribution >= 4 is 23.2 Å². The van der Waals surface area contributed by atoms with E-state index in [1.165, 1.54) is 11.3 Å². The molecule has 26 heavy (non-hydrogen) atoms. The molecule has 2 atom stereocenters. The van der Waals surface area contributed by atoms with Gasteiger partial charge in [0.15, 0.2) is 0 Å². The number of rotatable bonds is 5. The standard InChI is InChI=1S/C18H22N4O3S/c1-12-2-3-15(26-12)16(23)22-7-13-8-25-10-18(13,9-22)17(24)20-5-4-14-6-19-11-21-14/h2-3,6,11,13H,4-5,7-10H2,1H3,(H,19,21)(H,20,24)/t13-,18-/m0/s1. The van der Waals surface area contributed by atoms with E-state index in [2.05, 4.69) is 15.3 Å². The van der Waals surface area contributed by atoms with Crippen molar-refractivity contribution in [2.45, 2.75) is 13.3 Å². The molecule has 2 amide bonds.